The van der Waals surface area contributed by atoms with Gasteiger partial charge in [0.15, 0.2) is 0 Å². The average Bonchev–Trinajstić information content (AvgIpc) is 3.15. The van der Waals surface area contributed by atoms with Gasteiger partial charge >= 0.3 is 0 Å². The van der Waals surface area contributed by atoms with Gasteiger partial charge in [-0.05, 0) is 37.8 Å². The molecule has 138 valence electrons. The summed E-state index contributed by atoms with van der Waals surface area (Å²) in [5.74, 6) is 2.19. The Labute approximate surface area is 154 Å². The first-order valence-electron chi connectivity index (χ1n) is 9.16. The summed E-state index contributed by atoms with van der Waals surface area (Å²) in [5.41, 5.74) is 2.18. The van der Waals surface area contributed by atoms with Gasteiger partial charge in [0, 0.05) is 19.2 Å². The zero-order valence-corrected chi connectivity index (χ0v) is 15.5. The lowest BCUT2D eigenvalue weighted by Crippen LogP contribution is -2.29. The van der Waals surface area contributed by atoms with Crippen LogP contribution in [-0.2, 0) is 11.2 Å². The first-order chi connectivity index (χ1) is 12.6. The molecule has 1 N–H and O–H groups in total. The summed E-state index contributed by atoms with van der Waals surface area (Å²) < 4.78 is 5.72. The molecule has 1 aliphatic rings. The van der Waals surface area contributed by atoms with Gasteiger partial charge in [-0.15, -0.1) is 0 Å². The minimum Gasteiger partial charge on any atom is -0.476 e. The van der Waals surface area contributed by atoms with Crippen molar-refractivity contribution >= 4 is 11.7 Å². The number of anilines is 1. The minimum absolute atomic E-state index is 0.000441. The Balaban J connectivity index is 1.46. The number of carbonyl (C=O) groups excluding carboxylic acids is 1. The van der Waals surface area contributed by atoms with Gasteiger partial charge in [-0.25, -0.2) is 4.98 Å². The molecule has 0 aliphatic carbocycles. The zero-order valence-electron chi connectivity index (χ0n) is 15.5. The van der Waals surface area contributed by atoms with Crippen molar-refractivity contribution in [2.24, 2.45) is 0 Å². The van der Waals surface area contributed by atoms with Gasteiger partial charge < -0.3 is 15.0 Å². The van der Waals surface area contributed by atoms with Crippen LogP contribution in [-0.4, -0.2) is 42.1 Å². The number of aryl methyl sites for hydroxylation is 2. The number of carbonyl (C=O) groups is 1. The Kier molecular flexibility index (Phi) is 6.04. The highest BCUT2D eigenvalue weighted by Crippen LogP contribution is 2.21. The van der Waals surface area contributed by atoms with Crippen LogP contribution in [0.1, 0.15) is 29.8 Å². The van der Waals surface area contributed by atoms with Crippen molar-refractivity contribution in [3.8, 4) is 5.88 Å². The second kappa shape index (κ2) is 8.65. The molecule has 1 aliphatic heterocycles. The third kappa shape index (κ3) is 4.94. The number of rotatable bonds is 7. The molecule has 0 spiro atoms. The van der Waals surface area contributed by atoms with Crippen LogP contribution in [0.15, 0.2) is 30.3 Å². The molecule has 3 rings (SSSR count). The first-order valence-corrected chi connectivity index (χ1v) is 9.16. The summed E-state index contributed by atoms with van der Waals surface area (Å²) in [4.78, 5) is 23.1. The number of nitrogens with one attached hydrogen (secondary N) is 1. The molecule has 0 atom stereocenters. The quantitative estimate of drug-likeness (QED) is 0.774. The number of benzene rings is 1. The fourth-order valence-electron chi connectivity index (χ4n) is 3.10. The SMILES string of the molecule is Cc1nc(OCCNC(=O)Cc2ccccc2C)cc(N2CCCC2)n1. The normalized spacial score (nSPS) is 13.7. The molecule has 0 saturated carbocycles. The monoisotopic (exact) mass is 354 g/mol. The summed E-state index contributed by atoms with van der Waals surface area (Å²) in [6.07, 6.45) is 2.79. The fourth-order valence-corrected chi connectivity index (χ4v) is 3.10. The van der Waals surface area contributed by atoms with Gasteiger partial charge in [0.25, 0.3) is 0 Å². The molecule has 1 aromatic heterocycles. The summed E-state index contributed by atoms with van der Waals surface area (Å²) in [6.45, 7) is 6.79. The second-order valence-corrected chi connectivity index (χ2v) is 6.61. The molecular weight excluding hydrogens is 328 g/mol. The average molecular weight is 354 g/mol. The van der Waals surface area contributed by atoms with Gasteiger partial charge in [-0.2, -0.15) is 4.98 Å². The molecular formula is C20H26N4O2. The van der Waals surface area contributed by atoms with Crippen LogP contribution in [0.4, 0.5) is 5.82 Å². The van der Waals surface area contributed by atoms with Gasteiger partial charge in [-0.3, -0.25) is 4.79 Å². The van der Waals surface area contributed by atoms with Gasteiger partial charge in [0.1, 0.15) is 18.2 Å². The van der Waals surface area contributed by atoms with E-state index in [1.807, 2.05) is 44.2 Å². The fraction of sp³-hybridized carbons (Fsp3) is 0.450. The van der Waals surface area contributed by atoms with E-state index in [4.69, 9.17) is 4.74 Å². The maximum Gasteiger partial charge on any atom is 0.224 e. The second-order valence-electron chi connectivity index (χ2n) is 6.61. The van der Waals surface area contributed by atoms with E-state index >= 15 is 0 Å². The van der Waals surface area contributed by atoms with E-state index in [1.165, 1.54) is 12.8 Å². The topological polar surface area (TPSA) is 67.3 Å². The molecule has 1 aromatic carbocycles. The summed E-state index contributed by atoms with van der Waals surface area (Å²) in [7, 11) is 0. The van der Waals surface area contributed by atoms with Crippen molar-refractivity contribution in [1.29, 1.82) is 0 Å². The van der Waals surface area contributed by atoms with Crippen LogP contribution >= 0.6 is 0 Å². The molecule has 1 amide bonds. The summed E-state index contributed by atoms with van der Waals surface area (Å²) >= 11 is 0. The number of aromatic nitrogens is 2. The molecule has 0 bridgehead atoms. The summed E-state index contributed by atoms with van der Waals surface area (Å²) in [6, 6.07) is 9.81. The third-order valence-corrected chi connectivity index (χ3v) is 4.52. The molecule has 0 unspecified atom stereocenters. The van der Waals surface area contributed by atoms with Crippen LogP contribution < -0.4 is 15.0 Å². The highest BCUT2D eigenvalue weighted by Gasteiger charge is 2.15. The van der Waals surface area contributed by atoms with Crippen molar-refractivity contribution in [2.45, 2.75) is 33.1 Å². The lowest BCUT2D eigenvalue weighted by molar-refractivity contribution is -0.120. The van der Waals surface area contributed by atoms with Crippen LogP contribution in [0.2, 0.25) is 0 Å². The first kappa shape index (κ1) is 18.2. The zero-order chi connectivity index (χ0) is 18.4. The Morgan fingerprint density at radius 2 is 1.96 bits per heavy atom. The molecule has 26 heavy (non-hydrogen) atoms. The smallest absolute Gasteiger partial charge is 0.224 e. The Morgan fingerprint density at radius 1 is 1.19 bits per heavy atom. The minimum atomic E-state index is -0.000441. The van der Waals surface area contributed by atoms with Crippen molar-refractivity contribution in [3.05, 3.63) is 47.3 Å². The van der Waals surface area contributed by atoms with Crippen LogP contribution in [0.25, 0.3) is 0 Å². The van der Waals surface area contributed by atoms with Crippen molar-refractivity contribution in [2.75, 3.05) is 31.1 Å². The van der Waals surface area contributed by atoms with Gasteiger partial charge in [0.2, 0.25) is 11.8 Å². The van der Waals surface area contributed by atoms with E-state index in [2.05, 4.69) is 20.2 Å². The molecule has 1 saturated heterocycles. The van der Waals surface area contributed by atoms with E-state index in [0.717, 1.165) is 30.0 Å². The lowest BCUT2D eigenvalue weighted by Gasteiger charge is -2.17. The lowest BCUT2D eigenvalue weighted by atomic mass is 10.1. The molecule has 0 radical (unpaired) electrons. The standard InChI is InChI=1S/C20H26N4O2/c1-15-7-3-4-8-17(15)13-19(25)21-9-12-26-20-14-18(22-16(2)23-20)24-10-5-6-11-24/h3-4,7-8,14H,5-6,9-13H2,1-2H3,(H,21,25). The molecule has 2 heterocycles. The van der Waals surface area contributed by atoms with Crippen LogP contribution in [0, 0.1) is 13.8 Å². The van der Waals surface area contributed by atoms with E-state index in [0.29, 0.717) is 31.3 Å². The number of hydrogen-bond acceptors (Lipinski definition) is 5. The van der Waals surface area contributed by atoms with E-state index in [9.17, 15) is 4.79 Å². The van der Waals surface area contributed by atoms with Crippen LogP contribution in [0.3, 0.4) is 0 Å². The number of amides is 1. The highest BCUT2D eigenvalue weighted by atomic mass is 16.5. The predicted octanol–water partition coefficient (Wildman–Crippen LogP) is 2.43. The van der Waals surface area contributed by atoms with Crippen LogP contribution in [0.5, 0.6) is 5.88 Å². The summed E-state index contributed by atoms with van der Waals surface area (Å²) in [5, 5.41) is 2.90. The maximum absolute atomic E-state index is 12.1. The van der Waals surface area contributed by atoms with Crippen molar-refractivity contribution < 1.29 is 9.53 Å². The molecule has 6 nitrogen and oxygen atoms in total. The highest BCUT2D eigenvalue weighted by molar-refractivity contribution is 5.78. The van der Waals surface area contributed by atoms with E-state index < -0.39 is 0 Å². The van der Waals surface area contributed by atoms with E-state index in [-0.39, 0.29) is 5.91 Å². The van der Waals surface area contributed by atoms with Gasteiger partial charge in [0.05, 0.1) is 13.0 Å². The van der Waals surface area contributed by atoms with Crippen molar-refractivity contribution in [3.63, 3.8) is 0 Å². The number of ether oxygens (including phenoxy) is 1. The molecule has 1 fully saturated rings. The van der Waals surface area contributed by atoms with E-state index in [1.54, 1.807) is 0 Å². The predicted molar refractivity (Wildman–Crippen MR) is 102 cm³/mol. The molecule has 6 heteroatoms. The molecule has 2 aromatic rings. The Morgan fingerprint density at radius 3 is 2.73 bits per heavy atom. The third-order valence-electron chi connectivity index (χ3n) is 4.52. The van der Waals surface area contributed by atoms with Crippen molar-refractivity contribution in [1.82, 2.24) is 15.3 Å². The Bertz CT molecular complexity index is 757. The Hall–Kier alpha value is -2.63. The number of hydrogen-bond donors (Lipinski definition) is 1. The number of nitrogens with zero attached hydrogens (tertiary/aromatic N) is 3. The van der Waals surface area contributed by atoms with Gasteiger partial charge in [-0.1, -0.05) is 24.3 Å². The largest absolute Gasteiger partial charge is 0.476 e. The maximum atomic E-state index is 12.1.